The summed E-state index contributed by atoms with van der Waals surface area (Å²) < 4.78 is 5.53. The monoisotopic (exact) mass is 351 g/mol. The first-order chi connectivity index (χ1) is 12.5. The molecule has 0 radical (unpaired) electrons. The number of fused-ring (bicyclic) bond motifs is 1. The van der Waals surface area contributed by atoms with Gasteiger partial charge in [-0.3, -0.25) is 4.79 Å². The summed E-state index contributed by atoms with van der Waals surface area (Å²) in [5.74, 6) is 1.97. The second-order valence-electron chi connectivity index (χ2n) is 7.59. The highest BCUT2D eigenvalue weighted by Crippen LogP contribution is 2.29. The zero-order chi connectivity index (χ0) is 18.3. The smallest absolute Gasteiger partial charge is 0.289 e. The summed E-state index contributed by atoms with van der Waals surface area (Å²) in [5.41, 5.74) is 4.25. The molecule has 4 rings (SSSR count). The number of nitrogens with one attached hydrogen (secondary N) is 1. The van der Waals surface area contributed by atoms with Gasteiger partial charge in [-0.15, -0.1) is 0 Å². The van der Waals surface area contributed by atoms with E-state index in [1.165, 1.54) is 5.56 Å². The number of furan rings is 1. The van der Waals surface area contributed by atoms with Crippen LogP contribution in [-0.2, 0) is 0 Å². The number of benzene rings is 1. The van der Waals surface area contributed by atoms with Gasteiger partial charge in [-0.25, -0.2) is 4.98 Å². The Morgan fingerprint density at radius 3 is 3.00 bits per heavy atom. The minimum absolute atomic E-state index is 0.00430. The molecule has 1 saturated heterocycles. The van der Waals surface area contributed by atoms with Crippen LogP contribution in [0.4, 0.5) is 0 Å². The SMILES string of the molecule is Cc1ccc2nc(C3CCCN(C(=O)c4occc4C(C)C)C3)[nH]c2c1. The molecule has 1 atom stereocenters. The van der Waals surface area contributed by atoms with Gasteiger partial charge in [0.2, 0.25) is 0 Å². The van der Waals surface area contributed by atoms with Gasteiger partial charge in [0.25, 0.3) is 5.91 Å². The quantitative estimate of drug-likeness (QED) is 0.749. The molecule has 0 aliphatic carbocycles. The Morgan fingerprint density at radius 2 is 2.19 bits per heavy atom. The molecule has 0 spiro atoms. The van der Waals surface area contributed by atoms with Crippen molar-refractivity contribution in [1.82, 2.24) is 14.9 Å². The van der Waals surface area contributed by atoms with E-state index in [2.05, 4.69) is 37.9 Å². The van der Waals surface area contributed by atoms with Crippen LogP contribution in [0.25, 0.3) is 11.0 Å². The van der Waals surface area contributed by atoms with Crippen molar-refractivity contribution in [3.05, 3.63) is 53.2 Å². The second-order valence-corrected chi connectivity index (χ2v) is 7.59. The average molecular weight is 351 g/mol. The first-order valence-electron chi connectivity index (χ1n) is 9.36. The van der Waals surface area contributed by atoms with E-state index in [9.17, 15) is 4.79 Å². The summed E-state index contributed by atoms with van der Waals surface area (Å²) in [5, 5.41) is 0. The van der Waals surface area contributed by atoms with Crippen LogP contribution >= 0.6 is 0 Å². The zero-order valence-electron chi connectivity index (χ0n) is 15.6. The maximum Gasteiger partial charge on any atom is 0.289 e. The van der Waals surface area contributed by atoms with E-state index in [0.29, 0.717) is 12.3 Å². The van der Waals surface area contributed by atoms with Crippen LogP contribution in [0.3, 0.4) is 0 Å². The standard InChI is InChI=1S/C21H25N3O2/c1-13(2)16-8-10-26-19(16)21(25)24-9-4-5-15(12-24)20-22-17-7-6-14(3)11-18(17)23-20/h6-8,10-11,13,15H,4-5,9,12H2,1-3H3,(H,22,23). The van der Waals surface area contributed by atoms with Crippen molar-refractivity contribution in [3.63, 3.8) is 0 Å². The van der Waals surface area contributed by atoms with Gasteiger partial charge in [0.05, 0.1) is 17.3 Å². The molecule has 1 unspecified atom stereocenters. The lowest BCUT2D eigenvalue weighted by Crippen LogP contribution is -2.39. The number of hydrogen-bond acceptors (Lipinski definition) is 3. The Morgan fingerprint density at radius 1 is 1.35 bits per heavy atom. The Labute approximate surface area is 153 Å². The van der Waals surface area contributed by atoms with Crippen molar-refractivity contribution in [1.29, 1.82) is 0 Å². The summed E-state index contributed by atoms with van der Waals surface area (Å²) in [6.45, 7) is 7.69. The summed E-state index contributed by atoms with van der Waals surface area (Å²) in [7, 11) is 0. The Bertz CT molecular complexity index is 938. The fraction of sp³-hybridized carbons (Fsp3) is 0.429. The van der Waals surface area contributed by atoms with E-state index in [0.717, 1.165) is 41.8 Å². The van der Waals surface area contributed by atoms with E-state index in [-0.39, 0.29) is 17.7 Å². The number of carbonyl (C=O) groups is 1. The Hall–Kier alpha value is -2.56. The molecule has 26 heavy (non-hydrogen) atoms. The van der Waals surface area contributed by atoms with Gasteiger partial charge in [0, 0.05) is 24.6 Å². The lowest BCUT2D eigenvalue weighted by Gasteiger charge is -2.31. The van der Waals surface area contributed by atoms with E-state index in [1.54, 1.807) is 6.26 Å². The molecule has 1 fully saturated rings. The molecule has 1 aliphatic rings. The number of aryl methyl sites for hydroxylation is 1. The van der Waals surface area contributed by atoms with Crippen LogP contribution in [0.15, 0.2) is 34.9 Å². The molecule has 2 aromatic heterocycles. The minimum atomic E-state index is -0.00430. The number of nitrogens with zero attached hydrogens (tertiary/aromatic N) is 2. The third-order valence-electron chi connectivity index (χ3n) is 5.26. The lowest BCUT2D eigenvalue weighted by molar-refractivity contribution is 0.0670. The lowest BCUT2D eigenvalue weighted by atomic mass is 9.96. The summed E-state index contributed by atoms with van der Waals surface area (Å²) in [6, 6.07) is 8.15. The number of imidazole rings is 1. The number of H-pyrrole nitrogens is 1. The molecule has 1 aliphatic heterocycles. The number of likely N-dealkylation sites (tertiary alicyclic amines) is 1. The van der Waals surface area contributed by atoms with Crippen LogP contribution in [0.1, 0.15) is 66.0 Å². The van der Waals surface area contributed by atoms with Gasteiger partial charge < -0.3 is 14.3 Å². The predicted molar refractivity (Wildman–Crippen MR) is 102 cm³/mol. The highest BCUT2D eigenvalue weighted by Gasteiger charge is 2.30. The first kappa shape index (κ1) is 16.9. The molecule has 3 heterocycles. The maximum atomic E-state index is 13.0. The van der Waals surface area contributed by atoms with Crippen molar-refractivity contribution in [2.45, 2.75) is 45.4 Å². The molecule has 0 bridgehead atoms. The van der Waals surface area contributed by atoms with E-state index >= 15 is 0 Å². The van der Waals surface area contributed by atoms with E-state index < -0.39 is 0 Å². The first-order valence-corrected chi connectivity index (χ1v) is 9.36. The summed E-state index contributed by atoms with van der Waals surface area (Å²) in [4.78, 5) is 23.1. The fourth-order valence-corrected chi connectivity index (χ4v) is 3.81. The fourth-order valence-electron chi connectivity index (χ4n) is 3.81. The molecule has 3 aromatic rings. The van der Waals surface area contributed by atoms with Crippen LogP contribution < -0.4 is 0 Å². The number of aromatic nitrogens is 2. The molecular formula is C21H25N3O2. The van der Waals surface area contributed by atoms with Crippen LogP contribution in [0, 0.1) is 6.92 Å². The molecular weight excluding hydrogens is 326 g/mol. The molecule has 0 saturated carbocycles. The summed E-state index contributed by atoms with van der Waals surface area (Å²) >= 11 is 0. The number of hydrogen-bond donors (Lipinski definition) is 1. The number of amides is 1. The topological polar surface area (TPSA) is 62.1 Å². The summed E-state index contributed by atoms with van der Waals surface area (Å²) in [6.07, 6.45) is 3.63. The molecule has 5 heteroatoms. The Balaban J connectivity index is 1.56. The number of carbonyl (C=O) groups excluding carboxylic acids is 1. The van der Waals surface area contributed by atoms with Crippen molar-refractivity contribution in [2.75, 3.05) is 13.1 Å². The van der Waals surface area contributed by atoms with E-state index in [1.807, 2.05) is 17.0 Å². The molecule has 5 nitrogen and oxygen atoms in total. The van der Waals surface area contributed by atoms with Crippen molar-refractivity contribution < 1.29 is 9.21 Å². The molecule has 1 amide bonds. The largest absolute Gasteiger partial charge is 0.459 e. The average Bonchev–Trinajstić information content (AvgIpc) is 3.27. The van der Waals surface area contributed by atoms with Gasteiger partial charge in [0.1, 0.15) is 5.82 Å². The van der Waals surface area contributed by atoms with Gasteiger partial charge in [-0.2, -0.15) is 0 Å². The molecule has 1 aromatic carbocycles. The van der Waals surface area contributed by atoms with Gasteiger partial charge in [-0.05, 0) is 49.4 Å². The minimum Gasteiger partial charge on any atom is -0.459 e. The van der Waals surface area contributed by atoms with Crippen LogP contribution in [0.5, 0.6) is 0 Å². The third-order valence-corrected chi connectivity index (χ3v) is 5.26. The second kappa shape index (κ2) is 6.63. The van der Waals surface area contributed by atoms with Crippen molar-refractivity contribution in [2.24, 2.45) is 0 Å². The van der Waals surface area contributed by atoms with E-state index in [4.69, 9.17) is 9.40 Å². The van der Waals surface area contributed by atoms with Crippen LogP contribution in [0.2, 0.25) is 0 Å². The number of piperidine rings is 1. The van der Waals surface area contributed by atoms with Crippen molar-refractivity contribution >= 4 is 16.9 Å². The number of rotatable bonds is 3. The predicted octanol–water partition coefficient (Wildman–Crippen LogP) is 4.61. The third kappa shape index (κ3) is 3.02. The van der Waals surface area contributed by atoms with Gasteiger partial charge in [0.15, 0.2) is 5.76 Å². The van der Waals surface area contributed by atoms with Gasteiger partial charge >= 0.3 is 0 Å². The molecule has 1 N–H and O–H groups in total. The van der Waals surface area contributed by atoms with Crippen molar-refractivity contribution in [3.8, 4) is 0 Å². The zero-order valence-corrected chi connectivity index (χ0v) is 15.6. The van der Waals surface area contributed by atoms with Gasteiger partial charge in [-0.1, -0.05) is 19.9 Å². The highest BCUT2D eigenvalue weighted by atomic mass is 16.3. The highest BCUT2D eigenvalue weighted by molar-refractivity contribution is 5.93. The normalized spacial score (nSPS) is 18.0. The molecule has 136 valence electrons. The maximum absolute atomic E-state index is 13.0. The van der Waals surface area contributed by atoms with Crippen LogP contribution in [-0.4, -0.2) is 33.9 Å². The number of aromatic amines is 1. The Kier molecular flexibility index (Phi) is 4.31.